The Hall–Kier alpha value is -2.06. The minimum Gasteiger partial charge on any atom is -0.455 e. The van der Waals surface area contributed by atoms with Gasteiger partial charge in [-0.15, -0.1) is 0 Å². The van der Waals surface area contributed by atoms with E-state index in [9.17, 15) is 9.59 Å². The van der Waals surface area contributed by atoms with E-state index in [0.717, 1.165) is 58.0 Å². The highest BCUT2D eigenvalue weighted by atomic mass is 16.6. The first-order valence-corrected chi connectivity index (χ1v) is 9.79. The smallest absolute Gasteiger partial charge is 0.409 e. The van der Waals surface area contributed by atoms with Crippen LogP contribution in [0.2, 0.25) is 0 Å². The molecule has 2 aliphatic heterocycles. The number of furan rings is 1. The number of likely N-dealkylation sites (tertiary alicyclic amines) is 1. The van der Waals surface area contributed by atoms with Crippen LogP contribution in [-0.2, 0) is 11.3 Å². The lowest BCUT2D eigenvalue weighted by atomic mass is 10.0. The summed E-state index contributed by atoms with van der Waals surface area (Å²) in [4.78, 5) is 30.1. The molecule has 3 heterocycles. The Bertz CT molecular complexity index is 639. The predicted octanol–water partition coefficient (Wildman–Crippen LogP) is 1.38. The van der Waals surface area contributed by atoms with E-state index in [0.29, 0.717) is 18.4 Å². The summed E-state index contributed by atoms with van der Waals surface area (Å²) in [6.07, 6.45) is 2.12. The number of hydrogen-bond acceptors (Lipinski definition) is 6. The molecule has 150 valence electrons. The minimum atomic E-state index is -0.202. The molecule has 8 nitrogen and oxygen atoms in total. The number of carbonyl (C=O) groups is 2. The number of nitrogens with one attached hydrogen (secondary N) is 1. The zero-order valence-electron chi connectivity index (χ0n) is 16.3. The van der Waals surface area contributed by atoms with Gasteiger partial charge in [0.15, 0.2) is 5.76 Å². The zero-order valence-corrected chi connectivity index (χ0v) is 16.3. The van der Waals surface area contributed by atoms with Crippen LogP contribution in [0.5, 0.6) is 0 Å². The van der Waals surface area contributed by atoms with Gasteiger partial charge in [-0.3, -0.25) is 14.6 Å². The quantitative estimate of drug-likeness (QED) is 0.834. The largest absolute Gasteiger partial charge is 0.455 e. The third-order valence-electron chi connectivity index (χ3n) is 5.33. The molecular formula is C19H30N4O4. The summed E-state index contributed by atoms with van der Waals surface area (Å²) in [6, 6.07) is 4.10. The third-order valence-corrected chi connectivity index (χ3v) is 5.33. The van der Waals surface area contributed by atoms with Crippen molar-refractivity contribution in [2.45, 2.75) is 32.4 Å². The van der Waals surface area contributed by atoms with Crippen LogP contribution in [0.3, 0.4) is 0 Å². The van der Waals surface area contributed by atoms with E-state index in [1.54, 1.807) is 18.0 Å². The van der Waals surface area contributed by atoms with Crippen molar-refractivity contribution in [2.24, 2.45) is 0 Å². The van der Waals surface area contributed by atoms with E-state index in [1.807, 2.05) is 13.0 Å². The Morgan fingerprint density at radius 3 is 2.70 bits per heavy atom. The molecule has 1 N–H and O–H groups in total. The predicted molar refractivity (Wildman–Crippen MR) is 101 cm³/mol. The second-order valence-corrected chi connectivity index (χ2v) is 7.10. The molecule has 27 heavy (non-hydrogen) atoms. The van der Waals surface area contributed by atoms with Crippen molar-refractivity contribution in [1.29, 1.82) is 0 Å². The Morgan fingerprint density at radius 2 is 2.00 bits per heavy atom. The summed E-state index contributed by atoms with van der Waals surface area (Å²) in [6.45, 7) is 8.22. The molecule has 3 rings (SSSR count). The second kappa shape index (κ2) is 9.23. The monoisotopic (exact) mass is 378 g/mol. The van der Waals surface area contributed by atoms with Gasteiger partial charge in [-0.1, -0.05) is 0 Å². The van der Waals surface area contributed by atoms with Crippen molar-refractivity contribution in [3.05, 3.63) is 23.7 Å². The van der Waals surface area contributed by atoms with Gasteiger partial charge in [0, 0.05) is 45.8 Å². The normalized spacial score (nSPS) is 21.9. The lowest BCUT2D eigenvalue weighted by Gasteiger charge is -2.43. The van der Waals surface area contributed by atoms with Gasteiger partial charge in [-0.25, -0.2) is 4.79 Å². The van der Waals surface area contributed by atoms with Gasteiger partial charge in [-0.05, 0) is 38.4 Å². The first kappa shape index (κ1) is 19.7. The third kappa shape index (κ3) is 5.01. The van der Waals surface area contributed by atoms with Crippen molar-refractivity contribution in [3.8, 4) is 0 Å². The van der Waals surface area contributed by atoms with Crippen molar-refractivity contribution in [1.82, 2.24) is 20.0 Å². The molecule has 2 saturated heterocycles. The molecule has 8 heteroatoms. The Labute approximate surface area is 160 Å². The van der Waals surface area contributed by atoms with Crippen LogP contribution < -0.4 is 5.32 Å². The van der Waals surface area contributed by atoms with Crippen molar-refractivity contribution >= 4 is 12.0 Å². The molecule has 0 unspecified atom stereocenters. The summed E-state index contributed by atoms with van der Waals surface area (Å²) in [5, 5.41) is 2.58. The number of carbonyl (C=O) groups excluding carboxylic acids is 2. The molecule has 2 amide bonds. The maximum atomic E-state index is 11.8. The summed E-state index contributed by atoms with van der Waals surface area (Å²) >= 11 is 0. The van der Waals surface area contributed by atoms with E-state index in [2.05, 4.69) is 15.1 Å². The number of piperidine rings is 1. The van der Waals surface area contributed by atoms with Crippen LogP contribution in [0.25, 0.3) is 0 Å². The minimum absolute atomic E-state index is 0.197. The zero-order chi connectivity index (χ0) is 19.2. The molecule has 1 aromatic rings. The lowest BCUT2D eigenvalue weighted by Crippen LogP contribution is -2.55. The number of nitrogens with zero attached hydrogens (tertiary/aromatic N) is 3. The molecule has 0 saturated carbocycles. The molecule has 0 bridgehead atoms. The van der Waals surface area contributed by atoms with Gasteiger partial charge in [0.25, 0.3) is 5.91 Å². The van der Waals surface area contributed by atoms with Gasteiger partial charge in [0.05, 0.1) is 13.2 Å². The number of piperazine rings is 1. The standard InChI is InChI=1S/C19H30N4O4/c1-3-26-19(25)23-11-9-22(10-12-23)15-5-4-8-21(13-15)14-16-6-7-17(27-16)18(24)20-2/h6-7,15H,3-5,8-14H2,1-2H3,(H,20,24)/t15-/m0/s1. The molecule has 0 aromatic carbocycles. The summed E-state index contributed by atoms with van der Waals surface area (Å²) < 4.78 is 10.8. The van der Waals surface area contributed by atoms with Crippen LogP contribution in [-0.4, -0.2) is 85.7 Å². The molecular weight excluding hydrogens is 348 g/mol. The highest BCUT2D eigenvalue weighted by Crippen LogP contribution is 2.20. The number of hydrogen-bond donors (Lipinski definition) is 1. The fourth-order valence-electron chi connectivity index (χ4n) is 3.89. The fraction of sp³-hybridized carbons (Fsp3) is 0.684. The van der Waals surface area contributed by atoms with E-state index in [-0.39, 0.29) is 12.0 Å². The first-order valence-electron chi connectivity index (χ1n) is 9.79. The molecule has 2 aliphatic rings. The average molecular weight is 378 g/mol. The number of rotatable bonds is 5. The molecule has 0 aliphatic carbocycles. The Balaban J connectivity index is 1.49. The summed E-state index contributed by atoms with van der Waals surface area (Å²) in [7, 11) is 1.60. The average Bonchev–Trinajstić information content (AvgIpc) is 3.16. The van der Waals surface area contributed by atoms with Gasteiger partial charge in [0.1, 0.15) is 5.76 Å². The van der Waals surface area contributed by atoms with Gasteiger partial charge < -0.3 is 19.4 Å². The molecule has 1 aromatic heterocycles. The first-order chi connectivity index (χ1) is 13.1. The van der Waals surface area contributed by atoms with Crippen molar-refractivity contribution in [2.75, 3.05) is 52.9 Å². The van der Waals surface area contributed by atoms with Gasteiger partial charge >= 0.3 is 6.09 Å². The van der Waals surface area contributed by atoms with Crippen LogP contribution in [0, 0.1) is 0 Å². The summed E-state index contributed by atoms with van der Waals surface area (Å²) in [5.74, 6) is 0.981. The Kier molecular flexibility index (Phi) is 6.73. The molecule has 0 spiro atoms. The van der Waals surface area contributed by atoms with Crippen LogP contribution in [0.1, 0.15) is 36.1 Å². The maximum absolute atomic E-state index is 11.8. The number of ether oxygens (including phenoxy) is 1. The van der Waals surface area contributed by atoms with Crippen LogP contribution in [0.15, 0.2) is 16.5 Å². The fourth-order valence-corrected chi connectivity index (χ4v) is 3.89. The van der Waals surface area contributed by atoms with E-state index in [1.165, 1.54) is 6.42 Å². The number of amides is 2. The van der Waals surface area contributed by atoms with Crippen molar-refractivity contribution < 1.29 is 18.7 Å². The topological polar surface area (TPSA) is 78.3 Å². The highest BCUT2D eigenvalue weighted by molar-refractivity contribution is 5.91. The van der Waals surface area contributed by atoms with E-state index >= 15 is 0 Å². The van der Waals surface area contributed by atoms with Gasteiger partial charge in [0.2, 0.25) is 0 Å². The molecule has 1 atom stereocenters. The second-order valence-electron chi connectivity index (χ2n) is 7.10. The van der Waals surface area contributed by atoms with Crippen molar-refractivity contribution in [3.63, 3.8) is 0 Å². The van der Waals surface area contributed by atoms with E-state index in [4.69, 9.17) is 9.15 Å². The van der Waals surface area contributed by atoms with Gasteiger partial charge in [-0.2, -0.15) is 0 Å². The molecule has 2 fully saturated rings. The van der Waals surface area contributed by atoms with Crippen LogP contribution >= 0.6 is 0 Å². The SMILES string of the molecule is CCOC(=O)N1CCN([C@H]2CCCN(Cc3ccc(C(=O)NC)o3)C2)CC1. The lowest BCUT2D eigenvalue weighted by molar-refractivity contribution is 0.0398. The van der Waals surface area contributed by atoms with Crippen LogP contribution in [0.4, 0.5) is 4.79 Å². The van der Waals surface area contributed by atoms with E-state index < -0.39 is 0 Å². The highest BCUT2D eigenvalue weighted by Gasteiger charge is 2.30. The maximum Gasteiger partial charge on any atom is 0.409 e. The molecule has 0 radical (unpaired) electrons. The Morgan fingerprint density at radius 1 is 1.22 bits per heavy atom. The summed E-state index contributed by atoms with van der Waals surface area (Å²) in [5.41, 5.74) is 0.